The van der Waals surface area contributed by atoms with Crippen molar-refractivity contribution in [3.8, 4) is 0 Å². The van der Waals surface area contributed by atoms with Crippen LogP contribution in [0, 0.1) is 0 Å². The summed E-state index contributed by atoms with van der Waals surface area (Å²) in [6.45, 7) is 2.47. The second-order valence-corrected chi connectivity index (χ2v) is 14.4. The zero-order valence-electron chi connectivity index (χ0n) is 24.1. The van der Waals surface area contributed by atoms with Crippen LogP contribution < -0.4 is 21.5 Å². The Morgan fingerprint density at radius 1 is 0.909 bits per heavy atom. The topological polar surface area (TPSA) is 125 Å². The predicted octanol–water partition coefficient (Wildman–Crippen LogP) is 3.19. The normalized spacial score (nSPS) is 16.5. The van der Waals surface area contributed by atoms with Crippen LogP contribution in [0.2, 0.25) is 0 Å². The average Bonchev–Trinajstić information content (AvgIpc) is 3.26. The molecule has 226 valence electrons. The van der Waals surface area contributed by atoms with E-state index in [4.69, 9.17) is 0 Å². The number of benzene rings is 3. The highest BCUT2D eigenvalue weighted by Gasteiger charge is 2.45. The number of urea groups is 1. The molecular weight excluding hydrogens is 599 g/mol. The van der Waals surface area contributed by atoms with E-state index in [1.54, 1.807) is 6.08 Å². The first-order valence-corrected chi connectivity index (χ1v) is 17.0. The fourth-order valence-electron chi connectivity index (χ4n) is 5.35. The number of aryl methyl sites for hydroxylation is 1. The minimum Gasteiger partial charge on any atom is -0.724 e. The molecule has 0 aliphatic carbocycles. The lowest BCUT2D eigenvalue weighted by molar-refractivity contribution is -0.0172. The third kappa shape index (κ3) is 6.41. The van der Waals surface area contributed by atoms with Crippen molar-refractivity contribution in [2.45, 2.75) is 13.0 Å². The lowest BCUT2D eigenvalue weighted by atomic mass is 10.0. The quantitative estimate of drug-likeness (QED) is 0.175. The van der Waals surface area contributed by atoms with E-state index in [0.717, 1.165) is 0 Å². The lowest BCUT2D eigenvalue weighted by Gasteiger charge is -2.24. The lowest BCUT2D eigenvalue weighted by Crippen LogP contribution is -2.36. The van der Waals surface area contributed by atoms with E-state index in [1.165, 1.54) is 44.8 Å². The van der Waals surface area contributed by atoms with Gasteiger partial charge in [0.1, 0.15) is 29.2 Å². The van der Waals surface area contributed by atoms with Gasteiger partial charge in [-0.15, -0.1) is 0 Å². The highest BCUT2D eigenvalue weighted by Crippen LogP contribution is 2.56. The molecule has 4 aromatic rings. The molecule has 44 heavy (non-hydrogen) atoms. The van der Waals surface area contributed by atoms with Crippen LogP contribution in [0.15, 0.2) is 126 Å². The molecule has 1 saturated heterocycles. The molecule has 1 aromatic heterocycles. The van der Waals surface area contributed by atoms with Gasteiger partial charge in [-0.25, -0.2) is 18.2 Å². The van der Waals surface area contributed by atoms with Crippen LogP contribution in [0.4, 0.5) is 4.79 Å². The molecule has 1 unspecified atom stereocenters. The number of fused-ring (bicyclic) bond motifs is 2. The monoisotopic (exact) mass is 630 g/mol. The van der Waals surface area contributed by atoms with E-state index in [2.05, 4.69) is 119 Å². The second kappa shape index (κ2) is 13.1. The largest absolute Gasteiger partial charge is 0.724 e. The SMILES string of the molecule is C/C=C\[P+](c1ccccc1)(c1ccccc1)c1ccccc1.Cn1cnc(C2=CCN3CC2N(OS(=O)(=O)[O-])C3=O)cc1=O. The van der Waals surface area contributed by atoms with E-state index in [9.17, 15) is 22.6 Å². The highest BCUT2D eigenvalue weighted by atomic mass is 32.3. The zero-order valence-corrected chi connectivity index (χ0v) is 25.8. The molecule has 2 bridgehead atoms. The van der Waals surface area contributed by atoms with Crippen molar-refractivity contribution in [3.63, 3.8) is 0 Å². The number of aromatic nitrogens is 2. The molecule has 3 heterocycles. The Morgan fingerprint density at radius 2 is 1.43 bits per heavy atom. The van der Waals surface area contributed by atoms with Gasteiger partial charge in [-0.2, -0.15) is 9.35 Å². The van der Waals surface area contributed by atoms with E-state index < -0.39 is 29.7 Å². The van der Waals surface area contributed by atoms with Crippen molar-refractivity contribution in [1.82, 2.24) is 19.5 Å². The van der Waals surface area contributed by atoms with Gasteiger partial charge in [-0.1, -0.05) is 66.7 Å². The van der Waals surface area contributed by atoms with Gasteiger partial charge in [0, 0.05) is 25.2 Å². The van der Waals surface area contributed by atoms with Gasteiger partial charge in [0.05, 0.1) is 24.4 Å². The summed E-state index contributed by atoms with van der Waals surface area (Å²) in [5, 5.41) is 4.70. The molecule has 1 fully saturated rings. The molecule has 2 aliphatic heterocycles. The smallest absolute Gasteiger partial charge is 0.346 e. The second-order valence-electron chi connectivity index (χ2n) is 10.1. The van der Waals surface area contributed by atoms with Crippen LogP contribution in [-0.2, 0) is 21.7 Å². The highest BCUT2D eigenvalue weighted by molar-refractivity contribution is 7.98. The Bertz CT molecular complexity index is 1750. The van der Waals surface area contributed by atoms with Gasteiger partial charge < -0.3 is 14.0 Å². The van der Waals surface area contributed by atoms with Crippen molar-refractivity contribution in [1.29, 1.82) is 0 Å². The number of hydroxylamine groups is 2. The predicted molar refractivity (Wildman–Crippen MR) is 171 cm³/mol. The number of rotatable bonds is 7. The van der Waals surface area contributed by atoms with Crippen LogP contribution in [0.3, 0.4) is 0 Å². The summed E-state index contributed by atoms with van der Waals surface area (Å²) < 4.78 is 37.9. The van der Waals surface area contributed by atoms with Crippen molar-refractivity contribution in [2.24, 2.45) is 7.05 Å². The third-order valence-corrected chi connectivity index (χ3v) is 11.8. The number of allylic oxidation sites excluding steroid dienone is 1. The molecule has 0 spiro atoms. The van der Waals surface area contributed by atoms with Crippen LogP contribution in [0.25, 0.3) is 5.57 Å². The van der Waals surface area contributed by atoms with E-state index in [-0.39, 0.29) is 18.6 Å². The maximum atomic E-state index is 12.0. The third-order valence-electron chi connectivity index (χ3n) is 7.33. The maximum absolute atomic E-state index is 12.0. The van der Waals surface area contributed by atoms with Gasteiger partial charge in [0.15, 0.2) is 0 Å². The summed E-state index contributed by atoms with van der Waals surface area (Å²) in [6.07, 6.45) is 5.16. The Balaban J connectivity index is 0.000000175. The molecular formula is C32H31N4O6PS. The molecule has 2 amide bonds. The van der Waals surface area contributed by atoms with Gasteiger partial charge in [-0.05, 0) is 43.3 Å². The fraction of sp³-hybridized carbons (Fsp3) is 0.156. The van der Waals surface area contributed by atoms with E-state index in [1.807, 2.05) is 0 Å². The summed E-state index contributed by atoms with van der Waals surface area (Å²) in [6, 6.07) is 32.4. The first kappa shape index (κ1) is 31.0. The van der Waals surface area contributed by atoms with E-state index in [0.29, 0.717) is 16.3 Å². The van der Waals surface area contributed by atoms with Gasteiger partial charge >= 0.3 is 6.03 Å². The van der Waals surface area contributed by atoms with Gasteiger partial charge in [0.2, 0.25) is 10.4 Å². The zero-order chi connectivity index (χ0) is 31.3. The van der Waals surface area contributed by atoms with Crippen molar-refractivity contribution < 1.29 is 22.0 Å². The number of carbonyl (C=O) groups excluding carboxylic acids is 1. The molecule has 12 heteroatoms. The molecule has 1 atom stereocenters. The standard InChI is InChI=1S/C21H20P.C11H12N4O6S/c1-2-18-22(19-12-6-3-7-13-19,20-14-8-4-9-15-20)21-16-10-5-11-17-21;1-13-6-12-8(4-10(13)16)7-2-3-14-5-9(7)15(11(14)17)21-22(18,19)20/h2-18H,1H3;2,4,6,9H,3,5H2,1H3,(H,18,19,20)/q+1;/p-1/b18-2-;. The Hall–Kier alpha value is -4.41. The number of carbonyl (C=O) groups is 1. The van der Waals surface area contributed by atoms with Crippen LogP contribution in [0.5, 0.6) is 0 Å². The maximum Gasteiger partial charge on any atom is 0.346 e. The summed E-state index contributed by atoms with van der Waals surface area (Å²) in [5.41, 5.74) is 0.462. The molecule has 2 aliphatic rings. The number of amides is 2. The fourth-order valence-corrected chi connectivity index (χ4v) is 9.50. The summed E-state index contributed by atoms with van der Waals surface area (Å²) in [5.74, 6) is 2.41. The Kier molecular flexibility index (Phi) is 9.22. The number of hydrogen-bond acceptors (Lipinski definition) is 7. The van der Waals surface area contributed by atoms with Crippen LogP contribution in [-0.4, -0.2) is 57.6 Å². The van der Waals surface area contributed by atoms with Crippen LogP contribution in [0.1, 0.15) is 12.6 Å². The van der Waals surface area contributed by atoms with Gasteiger partial charge in [0.25, 0.3) is 5.56 Å². The van der Waals surface area contributed by atoms with E-state index >= 15 is 0 Å². The van der Waals surface area contributed by atoms with Gasteiger partial charge in [-0.3, -0.25) is 4.79 Å². The molecule has 0 N–H and O–H groups in total. The number of nitrogens with zero attached hydrogens (tertiary/aromatic N) is 4. The average molecular weight is 631 g/mol. The summed E-state index contributed by atoms with van der Waals surface area (Å²) in [7, 11) is -5.28. The summed E-state index contributed by atoms with van der Waals surface area (Å²) in [4.78, 5) is 29.1. The van der Waals surface area contributed by atoms with Crippen molar-refractivity contribution >= 4 is 45.2 Å². The molecule has 3 aromatic carbocycles. The molecule has 0 saturated carbocycles. The molecule has 10 nitrogen and oxygen atoms in total. The first-order valence-electron chi connectivity index (χ1n) is 13.8. The Labute approximate surface area is 256 Å². The number of hydrogen-bond donors (Lipinski definition) is 0. The van der Waals surface area contributed by atoms with Crippen molar-refractivity contribution in [3.05, 3.63) is 137 Å². The van der Waals surface area contributed by atoms with Crippen LogP contribution >= 0.6 is 7.26 Å². The molecule has 6 rings (SSSR count). The first-order chi connectivity index (χ1) is 21.1. The minimum atomic E-state index is -5.08. The van der Waals surface area contributed by atoms with Crippen molar-refractivity contribution in [2.75, 3.05) is 13.1 Å². The minimum absolute atomic E-state index is 0.150. The Morgan fingerprint density at radius 3 is 1.89 bits per heavy atom. The molecule has 0 radical (unpaired) electrons. The summed E-state index contributed by atoms with van der Waals surface area (Å²) >= 11 is 0.